The molecule has 0 bridgehead atoms. The van der Waals surface area contributed by atoms with Gasteiger partial charge in [0, 0.05) is 25.7 Å². The predicted octanol–water partition coefficient (Wildman–Crippen LogP) is 1.68. The van der Waals surface area contributed by atoms with E-state index < -0.39 is 5.82 Å². The van der Waals surface area contributed by atoms with Gasteiger partial charge >= 0.3 is 0 Å². The van der Waals surface area contributed by atoms with Gasteiger partial charge in [0.25, 0.3) is 5.91 Å². The second-order valence-corrected chi connectivity index (χ2v) is 4.97. The van der Waals surface area contributed by atoms with Crippen molar-refractivity contribution in [3.8, 4) is 5.75 Å². The van der Waals surface area contributed by atoms with Crippen LogP contribution in [0.2, 0.25) is 5.02 Å². The molecule has 0 aromatic heterocycles. The van der Waals surface area contributed by atoms with Crippen molar-refractivity contribution in [2.24, 2.45) is 0 Å². The third kappa shape index (κ3) is 3.81. The molecule has 1 saturated heterocycles. The number of rotatable bonds is 3. The maximum absolute atomic E-state index is 12.9. The maximum atomic E-state index is 12.9. The van der Waals surface area contributed by atoms with Crippen LogP contribution in [0.3, 0.4) is 0 Å². The standard InChI is InChI=1S/C13H16ClFN2O2/c1-9-7-17(5-4-16-9)13(18)8-19-12-3-2-10(15)6-11(12)14/h2-3,6,9,16H,4-5,7-8H2,1H3/t9-/m1/s1. The minimum atomic E-state index is -0.431. The van der Waals surface area contributed by atoms with E-state index in [-0.39, 0.29) is 23.6 Å². The number of amides is 1. The highest BCUT2D eigenvalue weighted by Gasteiger charge is 2.20. The fourth-order valence-electron chi connectivity index (χ4n) is 1.98. The van der Waals surface area contributed by atoms with E-state index in [4.69, 9.17) is 16.3 Å². The van der Waals surface area contributed by atoms with Crippen molar-refractivity contribution >= 4 is 17.5 Å². The van der Waals surface area contributed by atoms with E-state index in [0.29, 0.717) is 18.8 Å². The molecule has 0 aliphatic carbocycles. The van der Waals surface area contributed by atoms with Crippen LogP contribution in [0.25, 0.3) is 0 Å². The Hall–Kier alpha value is -1.33. The van der Waals surface area contributed by atoms with Crippen LogP contribution in [-0.4, -0.2) is 43.1 Å². The zero-order valence-corrected chi connectivity index (χ0v) is 11.4. The molecule has 1 atom stereocenters. The molecule has 1 N–H and O–H groups in total. The molecular weight excluding hydrogens is 271 g/mol. The van der Waals surface area contributed by atoms with Gasteiger partial charge in [-0.3, -0.25) is 4.79 Å². The van der Waals surface area contributed by atoms with Gasteiger partial charge in [-0.25, -0.2) is 4.39 Å². The van der Waals surface area contributed by atoms with Crippen LogP contribution in [-0.2, 0) is 4.79 Å². The molecule has 1 fully saturated rings. The molecule has 0 saturated carbocycles. The second kappa shape index (κ2) is 6.21. The Labute approximate surface area is 116 Å². The molecule has 1 amide bonds. The van der Waals surface area contributed by atoms with E-state index in [1.54, 1.807) is 4.90 Å². The van der Waals surface area contributed by atoms with Crippen molar-refractivity contribution < 1.29 is 13.9 Å². The summed E-state index contributed by atoms with van der Waals surface area (Å²) in [6.07, 6.45) is 0. The zero-order chi connectivity index (χ0) is 13.8. The summed E-state index contributed by atoms with van der Waals surface area (Å²) in [7, 11) is 0. The van der Waals surface area contributed by atoms with Crippen molar-refractivity contribution in [3.05, 3.63) is 29.0 Å². The lowest BCUT2D eigenvalue weighted by molar-refractivity contribution is -0.134. The highest BCUT2D eigenvalue weighted by molar-refractivity contribution is 6.32. The molecule has 104 valence electrons. The van der Waals surface area contributed by atoms with Gasteiger partial charge in [-0.05, 0) is 25.1 Å². The van der Waals surface area contributed by atoms with Crippen LogP contribution in [0.15, 0.2) is 18.2 Å². The van der Waals surface area contributed by atoms with Crippen LogP contribution in [0.1, 0.15) is 6.92 Å². The predicted molar refractivity (Wildman–Crippen MR) is 70.9 cm³/mol. The minimum Gasteiger partial charge on any atom is -0.482 e. The Morgan fingerprint density at radius 3 is 3.11 bits per heavy atom. The van der Waals surface area contributed by atoms with Crippen molar-refractivity contribution in [2.45, 2.75) is 13.0 Å². The number of benzene rings is 1. The quantitative estimate of drug-likeness (QED) is 0.919. The highest BCUT2D eigenvalue weighted by atomic mass is 35.5. The lowest BCUT2D eigenvalue weighted by atomic mass is 10.2. The molecule has 2 rings (SSSR count). The van der Waals surface area contributed by atoms with Crippen LogP contribution in [0.5, 0.6) is 5.75 Å². The minimum absolute atomic E-state index is 0.0852. The van der Waals surface area contributed by atoms with Gasteiger partial charge in [0.15, 0.2) is 6.61 Å². The summed E-state index contributed by atoms with van der Waals surface area (Å²) in [5.41, 5.74) is 0. The van der Waals surface area contributed by atoms with Gasteiger partial charge in [0.2, 0.25) is 0 Å². The molecule has 0 spiro atoms. The molecule has 0 unspecified atom stereocenters. The number of nitrogens with zero attached hydrogens (tertiary/aromatic N) is 1. The van der Waals surface area contributed by atoms with E-state index in [2.05, 4.69) is 5.32 Å². The van der Waals surface area contributed by atoms with Crippen LogP contribution >= 0.6 is 11.6 Å². The molecule has 1 heterocycles. The first-order chi connectivity index (χ1) is 9.06. The fraction of sp³-hybridized carbons (Fsp3) is 0.462. The molecule has 19 heavy (non-hydrogen) atoms. The van der Waals surface area contributed by atoms with Crippen molar-refractivity contribution in [1.29, 1.82) is 0 Å². The van der Waals surface area contributed by atoms with Crippen LogP contribution < -0.4 is 10.1 Å². The van der Waals surface area contributed by atoms with E-state index in [0.717, 1.165) is 12.6 Å². The Bertz CT molecular complexity index is 470. The Morgan fingerprint density at radius 1 is 1.63 bits per heavy atom. The number of hydrogen-bond donors (Lipinski definition) is 1. The molecule has 1 aromatic rings. The van der Waals surface area contributed by atoms with Gasteiger partial charge in [-0.15, -0.1) is 0 Å². The lowest BCUT2D eigenvalue weighted by Crippen LogP contribution is -2.52. The average molecular weight is 287 g/mol. The molecule has 0 radical (unpaired) electrons. The first-order valence-electron chi connectivity index (χ1n) is 6.15. The van der Waals surface area contributed by atoms with Gasteiger partial charge < -0.3 is 15.0 Å². The van der Waals surface area contributed by atoms with Gasteiger partial charge in [0.05, 0.1) is 5.02 Å². The number of ether oxygens (including phenoxy) is 1. The lowest BCUT2D eigenvalue weighted by Gasteiger charge is -2.31. The first kappa shape index (κ1) is 14.1. The largest absolute Gasteiger partial charge is 0.482 e. The third-order valence-corrected chi connectivity index (χ3v) is 3.26. The smallest absolute Gasteiger partial charge is 0.260 e. The van der Waals surface area contributed by atoms with E-state index in [9.17, 15) is 9.18 Å². The van der Waals surface area contributed by atoms with Crippen molar-refractivity contribution in [3.63, 3.8) is 0 Å². The van der Waals surface area contributed by atoms with Crippen molar-refractivity contribution in [1.82, 2.24) is 10.2 Å². The number of halogens is 2. The molecular formula is C13H16ClFN2O2. The SMILES string of the molecule is C[C@@H]1CN(C(=O)COc2ccc(F)cc2Cl)CCN1. The molecule has 1 aliphatic rings. The number of carbonyl (C=O) groups is 1. The number of hydrogen-bond acceptors (Lipinski definition) is 3. The normalized spacial score (nSPS) is 19.3. The van der Waals surface area contributed by atoms with E-state index in [1.165, 1.54) is 12.1 Å². The summed E-state index contributed by atoms with van der Waals surface area (Å²) in [6.45, 7) is 4.06. The van der Waals surface area contributed by atoms with Crippen LogP contribution in [0.4, 0.5) is 4.39 Å². The Kier molecular flexibility index (Phi) is 4.61. The van der Waals surface area contributed by atoms with Gasteiger partial charge in [0.1, 0.15) is 11.6 Å². The van der Waals surface area contributed by atoms with Crippen molar-refractivity contribution in [2.75, 3.05) is 26.2 Å². The summed E-state index contributed by atoms with van der Waals surface area (Å²) in [5.74, 6) is -0.201. The average Bonchev–Trinajstić information content (AvgIpc) is 2.37. The summed E-state index contributed by atoms with van der Waals surface area (Å²) >= 11 is 5.82. The number of piperazine rings is 1. The number of nitrogens with one attached hydrogen (secondary N) is 1. The summed E-state index contributed by atoms with van der Waals surface area (Å²) in [4.78, 5) is 13.7. The topological polar surface area (TPSA) is 41.6 Å². The Morgan fingerprint density at radius 2 is 2.42 bits per heavy atom. The molecule has 1 aromatic carbocycles. The van der Waals surface area contributed by atoms with Gasteiger partial charge in [-0.2, -0.15) is 0 Å². The summed E-state index contributed by atoms with van der Waals surface area (Å²) in [6, 6.07) is 4.12. The zero-order valence-electron chi connectivity index (χ0n) is 10.7. The molecule has 1 aliphatic heterocycles. The van der Waals surface area contributed by atoms with E-state index in [1.807, 2.05) is 6.92 Å². The molecule has 4 nitrogen and oxygen atoms in total. The monoisotopic (exact) mass is 286 g/mol. The first-order valence-corrected chi connectivity index (χ1v) is 6.53. The third-order valence-electron chi connectivity index (χ3n) is 2.97. The highest BCUT2D eigenvalue weighted by Crippen LogP contribution is 2.24. The van der Waals surface area contributed by atoms with Crippen LogP contribution in [0, 0.1) is 5.82 Å². The fourth-order valence-corrected chi connectivity index (χ4v) is 2.20. The number of carbonyl (C=O) groups excluding carboxylic acids is 1. The second-order valence-electron chi connectivity index (χ2n) is 4.56. The van der Waals surface area contributed by atoms with Gasteiger partial charge in [-0.1, -0.05) is 11.6 Å². The van der Waals surface area contributed by atoms with E-state index >= 15 is 0 Å². The maximum Gasteiger partial charge on any atom is 0.260 e. The summed E-state index contributed by atoms with van der Waals surface area (Å²) in [5, 5.41) is 3.43. The summed E-state index contributed by atoms with van der Waals surface area (Å²) < 4.78 is 18.2. The Balaban J connectivity index is 1.89. The molecule has 6 heteroatoms.